The molecule has 29 heavy (non-hydrogen) atoms. The second-order valence-corrected chi connectivity index (χ2v) is 7.55. The molecule has 1 fully saturated rings. The Balaban J connectivity index is 1.61. The number of likely N-dealkylation sites (N-methyl/N-ethyl adjacent to an activating group) is 1. The van der Waals surface area contributed by atoms with Crippen LogP contribution in [-0.4, -0.2) is 54.2 Å². The number of halogens is 1. The molecule has 0 unspecified atom stereocenters. The lowest BCUT2D eigenvalue weighted by molar-refractivity contribution is -0.0962. The highest BCUT2D eigenvalue weighted by Crippen LogP contribution is 2.25. The standard InChI is InChI=1S/C23H26FN3O2/c1-17-3-9-21(10-4-17)27-14-19(13-26(2)15-22-16-28-11-12-29-22)23(25-27)18-5-7-20(24)8-6-18/h3-10,14,22H,11-13,15-16H2,1-2H3/t22-/m0/s1. The van der Waals surface area contributed by atoms with Crippen molar-refractivity contribution in [1.29, 1.82) is 0 Å². The highest BCUT2D eigenvalue weighted by Gasteiger charge is 2.19. The molecule has 0 amide bonds. The second-order valence-electron chi connectivity index (χ2n) is 7.55. The summed E-state index contributed by atoms with van der Waals surface area (Å²) in [6, 6.07) is 14.7. The first-order chi connectivity index (χ1) is 14.1. The molecule has 2 aromatic carbocycles. The predicted octanol–water partition coefficient (Wildman–Crippen LogP) is 3.83. The number of hydrogen-bond acceptors (Lipinski definition) is 4. The van der Waals surface area contributed by atoms with Gasteiger partial charge in [0, 0.05) is 30.4 Å². The number of ether oxygens (including phenoxy) is 2. The van der Waals surface area contributed by atoms with Crippen molar-refractivity contribution in [2.45, 2.75) is 19.6 Å². The summed E-state index contributed by atoms with van der Waals surface area (Å²) < 4.78 is 26.6. The monoisotopic (exact) mass is 395 g/mol. The first-order valence-corrected chi connectivity index (χ1v) is 9.88. The van der Waals surface area contributed by atoms with Gasteiger partial charge < -0.3 is 9.47 Å². The molecule has 3 aromatic rings. The third-order valence-electron chi connectivity index (χ3n) is 5.05. The van der Waals surface area contributed by atoms with Crippen LogP contribution in [0.2, 0.25) is 0 Å². The van der Waals surface area contributed by atoms with Crippen molar-refractivity contribution >= 4 is 0 Å². The summed E-state index contributed by atoms with van der Waals surface area (Å²) in [6.45, 7) is 5.48. The summed E-state index contributed by atoms with van der Waals surface area (Å²) in [5, 5.41) is 4.82. The Bertz CT molecular complexity index is 932. The number of hydrogen-bond donors (Lipinski definition) is 0. The highest BCUT2D eigenvalue weighted by atomic mass is 19.1. The van der Waals surface area contributed by atoms with Crippen molar-refractivity contribution in [1.82, 2.24) is 14.7 Å². The number of aromatic nitrogens is 2. The Labute approximate surface area is 170 Å². The van der Waals surface area contributed by atoms with Crippen LogP contribution in [0.1, 0.15) is 11.1 Å². The van der Waals surface area contributed by atoms with E-state index < -0.39 is 0 Å². The zero-order chi connectivity index (χ0) is 20.2. The topological polar surface area (TPSA) is 39.5 Å². The van der Waals surface area contributed by atoms with E-state index in [1.165, 1.54) is 17.7 Å². The van der Waals surface area contributed by atoms with E-state index in [1.54, 1.807) is 12.1 Å². The van der Waals surface area contributed by atoms with E-state index in [-0.39, 0.29) is 11.9 Å². The van der Waals surface area contributed by atoms with Gasteiger partial charge in [0.1, 0.15) is 5.82 Å². The summed E-state index contributed by atoms with van der Waals surface area (Å²) in [4.78, 5) is 2.21. The van der Waals surface area contributed by atoms with Gasteiger partial charge >= 0.3 is 0 Å². The smallest absolute Gasteiger partial charge is 0.123 e. The van der Waals surface area contributed by atoms with Crippen LogP contribution in [0.3, 0.4) is 0 Å². The Morgan fingerprint density at radius 1 is 1.10 bits per heavy atom. The first-order valence-electron chi connectivity index (χ1n) is 9.88. The lowest BCUT2D eigenvalue weighted by Crippen LogP contribution is -2.38. The van der Waals surface area contributed by atoms with Crippen LogP contribution in [0.4, 0.5) is 4.39 Å². The number of aryl methyl sites for hydroxylation is 1. The lowest BCUT2D eigenvalue weighted by Gasteiger charge is -2.27. The molecule has 1 atom stereocenters. The van der Waals surface area contributed by atoms with Gasteiger partial charge in [0.15, 0.2) is 0 Å². The Hall–Kier alpha value is -2.54. The van der Waals surface area contributed by atoms with Gasteiger partial charge in [0.25, 0.3) is 0 Å². The molecule has 6 heteroatoms. The van der Waals surface area contributed by atoms with Crippen molar-refractivity contribution in [3.05, 3.63) is 71.7 Å². The number of rotatable bonds is 6. The van der Waals surface area contributed by atoms with Crippen LogP contribution in [-0.2, 0) is 16.0 Å². The molecule has 0 spiro atoms. The van der Waals surface area contributed by atoms with E-state index in [0.717, 1.165) is 29.1 Å². The fourth-order valence-corrected chi connectivity index (χ4v) is 3.55. The fraction of sp³-hybridized carbons (Fsp3) is 0.348. The zero-order valence-electron chi connectivity index (χ0n) is 16.8. The van der Waals surface area contributed by atoms with Crippen LogP contribution in [0.15, 0.2) is 54.7 Å². The minimum atomic E-state index is -0.250. The van der Waals surface area contributed by atoms with Crippen molar-refractivity contribution in [3.63, 3.8) is 0 Å². The van der Waals surface area contributed by atoms with Crippen molar-refractivity contribution in [2.24, 2.45) is 0 Å². The van der Waals surface area contributed by atoms with Crippen LogP contribution in [0.5, 0.6) is 0 Å². The molecule has 2 heterocycles. The van der Waals surface area contributed by atoms with E-state index in [0.29, 0.717) is 26.4 Å². The normalized spacial score (nSPS) is 17.0. The van der Waals surface area contributed by atoms with Crippen molar-refractivity contribution in [3.8, 4) is 16.9 Å². The third-order valence-corrected chi connectivity index (χ3v) is 5.05. The van der Waals surface area contributed by atoms with Gasteiger partial charge in [0.2, 0.25) is 0 Å². The van der Waals surface area contributed by atoms with Crippen molar-refractivity contribution in [2.75, 3.05) is 33.4 Å². The van der Waals surface area contributed by atoms with E-state index in [2.05, 4.69) is 49.3 Å². The summed E-state index contributed by atoms with van der Waals surface area (Å²) in [6.07, 6.45) is 2.13. The molecule has 1 aromatic heterocycles. The van der Waals surface area contributed by atoms with Crippen LogP contribution < -0.4 is 0 Å². The van der Waals surface area contributed by atoms with E-state index >= 15 is 0 Å². The predicted molar refractivity (Wildman–Crippen MR) is 111 cm³/mol. The molecular weight excluding hydrogens is 369 g/mol. The molecule has 4 rings (SSSR count). The molecule has 5 nitrogen and oxygen atoms in total. The van der Waals surface area contributed by atoms with E-state index in [9.17, 15) is 4.39 Å². The number of nitrogens with zero attached hydrogens (tertiary/aromatic N) is 3. The molecule has 0 radical (unpaired) electrons. The van der Waals surface area contributed by atoms with Gasteiger partial charge in [-0.15, -0.1) is 0 Å². The van der Waals surface area contributed by atoms with Gasteiger partial charge in [-0.25, -0.2) is 9.07 Å². The maximum atomic E-state index is 13.4. The Kier molecular flexibility index (Phi) is 6.04. The molecule has 1 aliphatic rings. The molecule has 0 saturated carbocycles. The number of benzene rings is 2. The second kappa shape index (κ2) is 8.86. The lowest BCUT2D eigenvalue weighted by atomic mass is 10.1. The van der Waals surface area contributed by atoms with Crippen molar-refractivity contribution < 1.29 is 13.9 Å². The summed E-state index contributed by atoms with van der Waals surface area (Å²) in [7, 11) is 2.07. The third kappa shape index (κ3) is 4.90. The van der Waals surface area contributed by atoms with Gasteiger partial charge in [-0.1, -0.05) is 17.7 Å². The Morgan fingerprint density at radius 3 is 2.55 bits per heavy atom. The molecule has 152 valence electrons. The molecule has 1 saturated heterocycles. The fourth-order valence-electron chi connectivity index (χ4n) is 3.55. The summed E-state index contributed by atoms with van der Waals surface area (Å²) >= 11 is 0. The minimum absolute atomic E-state index is 0.0789. The van der Waals surface area contributed by atoms with Gasteiger partial charge in [-0.3, -0.25) is 4.90 Å². The maximum absolute atomic E-state index is 13.4. The summed E-state index contributed by atoms with van der Waals surface area (Å²) in [5.74, 6) is -0.250. The average molecular weight is 395 g/mol. The van der Waals surface area contributed by atoms with Gasteiger partial charge in [0.05, 0.1) is 37.3 Å². The first kappa shape index (κ1) is 19.8. The minimum Gasteiger partial charge on any atom is -0.376 e. The molecule has 0 bridgehead atoms. The quantitative estimate of drug-likeness (QED) is 0.636. The highest BCUT2D eigenvalue weighted by molar-refractivity contribution is 5.63. The average Bonchev–Trinajstić information content (AvgIpc) is 3.13. The molecule has 0 N–H and O–H groups in total. The largest absolute Gasteiger partial charge is 0.376 e. The van der Waals surface area contributed by atoms with Crippen LogP contribution in [0.25, 0.3) is 16.9 Å². The van der Waals surface area contributed by atoms with E-state index in [4.69, 9.17) is 14.6 Å². The zero-order valence-corrected chi connectivity index (χ0v) is 16.8. The molecule has 0 aliphatic carbocycles. The van der Waals surface area contributed by atoms with Crippen LogP contribution in [0, 0.1) is 12.7 Å². The summed E-state index contributed by atoms with van der Waals surface area (Å²) in [5.41, 5.74) is 5.04. The SMILES string of the molecule is Cc1ccc(-n2cc(CN(C)C[C@H]3COCCO3)c(-c3ccc(F)cc3)n2)cc1. The molecular formula is C23H26FN3O2. The van der Waals surface area contributed by atoms with E-state index in [1.807, 2.05) is 4.68 Å². The van der Waals surface area contributed by atoms with Gasteiger partial charge in [-0.2, -0.15) is 5.10 Å². The molecule has 1 aliphatic heterocycles. The van der Waals surface area contributed by atoms with Crippen LogP contribution >= 0.6 is 0 Å². The maximum Gasteiger partial charge on any atom is 0.123 e. The van der Waals surface area contributed by atoms with Gasteiger partial charge in [-0.05, 0) is 50.4 Å². The Morgan fingerprint density at radius 2 is 1.86 bits per heavy atom.